The van der Waals surface area contributed by atoms with Crippen LogP contribution in [0.25, 0.3) is 10.6 Å². The monoisotopic (exact) mass is 378 g/mol. The lowest BCUT2D eigenvalue weighted by Crippen LogP contribution is -2.23. The van der Waals surface area contributed by atoms with Crippen molar-refractivity contribution < 1.29 is 8.42 Å². The van der Waals surface area contributed by atoms with Gasteiger partial charge in [0.15, 0.2) is 0 Å². The van der Waals surface area contributed by atoms with Crippen LogP contribution >= 0.6 is 22.9 Å². The number of rotatable bonds is 5. The van der Waals surface area contributed by atoms with Crippen LogP contribution in [0.4, 0.5) is 0 Å². The first-order chi connectivity index (χ1) is 11.5. The molecule has 0 saturated carbocycles. The zero-order chi connectivity index (χ0) is 17.2. The van der Waals surface area contributed by atoms with Crippen molar-refractivity contribution in [2.75, 3.05) is 0 Å². The number of aromatic nitrogens is 1. The first-order valence-corrected chi connectivity index (χ1v) is 9.95. The Balaban J connectivity index is 1.74. The van der Waals surface area contributed by atoms with Gasteiger partial charge in [0.05, 0.1) is 17.1 Å². The molecule has 1 N–H and O–H groups in total. The zero-order valence-corrected chi connectivity index (χ0v) is 15.3. The van der Waals surface area contributed by atoms with Crippen LogP contribution < -0.4 is 4.72 Å². The zero-order valence-electron chi connectivity index (χ0n) is 12.9. The lowest BCUT2D eigenvalue weighted by atomic mass is 10.1. The molecule has 1 heterocycles. The maximum absolute atomic E-state index is 12.3. The van der Waals surface area contributed by atoms with E-state index in [0.29, 0.717) is 10.7 Å². The summed E-state index contributed by atoms with van der Waals surface area (Å²) in [4.78, 5) is 4.70. The fourth-order valence-electron chi connectivity index (χ4n) is 2.19. The summed E-state index contributed by atoms with van der Waals surface area (Å²) < 4.78 is 27.1. The number of thiazole rings is 1. The van der Waals surface area contributed by atoms with E-state index in [4.69, 9.17) is 11.6 Å². The molecule has 0 fully saturated rings. The van der Waals surface area contributed by atoms with Crippen molar-refractivity contribution in [3.63, 3.8) is 0 Å². The third-order valence-corrected chi connectivity index (χ3v) is 6.09. The van der Waals surface area contributed by atoms with Crippen LogP contribution in [-0.4, -0.2) is 13.4 Å². The fraction of sp³-hybridized carbons (Fsp3) is 0.118. The SMILES string of the molecule is Cc1ccccc1-c1nc(CNS(=O)(=O)c2ccc(Cl)cc2)cs1. The Bertz CT molecular complexity index is 951. The summed E-state index contributed by atoms with van der Waals surface area (Å²) in [6.45, 7) is 2.17. The maximum atomic E-state index is 12.3. The molecule has 0 aliphatic carbocycles. The van der Waals surface area contributed by atoms with E-state index in [2.05, 4.69) is 9.71 Å². The lowest BCUT2D eigenvalue weighted by molar-refractivity contribution is 0.580. The minimum atomic E-state index is -3.58. The third kappa shape index (κ3) is 3.84. The van der Waals surface area contributed by atoms with E-state index in [1.807, 2.05) is 36.6 Å². The van der Waals surface area contributed by atoms with Gasteiger partial charge in [-0.05, 0) is 36.8 Å². The third-order valence-electron chi connectivity index (χ3n) is 3.49. The summed E-state index contributed by atoms with van der Waals surface area (Å²) in [5.74, 6) is 0. The highest BCUT2D eigenvalue weighted by molar-refractivity contribution is 7.89. The Morgan fingerprint density at radius 3 is 2.54 bits per heavy atom. The number of nitrogens with one attached hydrogen (secondary N) is 1. The topological polar surface area (TPSA) is 59.1 Å². The molecule has 0 aliphatic rings. The Morgan fingerprint density at radius 1 is 1.12 bits per heavy atom. The van der Waals surface area contributed by atoms with Crippen LogP contribution in [-0.2, 0) is 16.6 Å². The van der Waals surface area contributed by atoms with Gasteiger partial charge in [0.1, 0.15) is 5.01 Å². The molecule has 0 amide bonds. The number of nitrogens with zero attached hydrogens (tertiary/aromatic N) is 1. The van der Waals surface area contributed by atoms with Gasteiger partial charge in [-0.1, -0.05) is 35.9 Å². The molecule has 0 saturated heterocycles. The number of aryl methyl sites for hydroxylation is 1. The first kappa shape index (κ1) is 17.1. The molecular weight excluding hydrogens is 364 g/mol. The van der Waals surface area contributed by atoms with Gasteiger partial charge in [-0.3, -0.25) is 0 Å². The highest BCUT2D eigenvalue weighted by atomic mass is 35.5. The molecule has 3 rings (SSSR count). The molecule has 7 heteroatoms. The average Bonchev–Trinajstić information content (AvgIpc) is 3.03. The second-order valence-electron chi connectivity index (χ2n) is 5.24. The molecule has 4 nitrogen and oxygen atoms in total. The number of hydrogen-bond donors (Lipinski definition) is 1. The Hall–Kier alpha value is -1.73. The van der Waals surface area contributed by atoms with Crippen LogP contribution in [0.2, 0.25) is 5.02 Å². The molecule has 1 aromatic heterocycles. The van der Waals surface area contributed by atoms with Gasteiger partial charge in [-0.2, -0.15) is 0 Å². The molecular formula is C17H15ClN2O2S2. The predicted octanol–water partition coefficient (Wildman–Crippen LogP) is 4.25. The fourth-order valence-corrected chi connectivity index (χ4v) is 4.23. The number of hydrogen-bond acceptors (Lipinski definition) is 4. The summed E-state index contributed by atoms with van der Waals surface area (Å²) in [5.41, 5.74) is 2.89. The number of halogens is 1. The van der Waals surface area contributed by atoms with E-state index in [9.17, 15) is 8.42 Å². The summed E-state index contributed by atoms with van der Waals surface area (Å²) in [7, 11) is -3.58. The minimum Gasteiger partial charge on any atom is -0.240 e. The highest BCUT2D eigenvalue weighted by Crippen LogP contribution is 2.26. The molecule has 0 radical (unpaired) electrons. The average molecular weight is 379 g/mol. The van der Waals surface area contributed by atoms with Gasteiger partial charge in [0.25, 0.3) is 0 Å². The van der Waals surface area contributed by atoms with Crippen LogP contribution in [0, 0.1) is 6.92 Å². The van der Waals surface area contributed by atoms with E-state index >= 15 is 0 Å². The molecule has 0 spiro atoms. The maximum Gasteiger partial charge on any atom is 0.240 e. The van der Waals surface area contributed by atoms with E-state index in [0.717, 1.165) is 16.1 Å². The van der Waals surface area contributed by atoms with Gasteiger partial charge < -0.3 is 0 Å². The minimum absolute atomic E-state index is 0.146. The molecule has 0 aliphatic heterocycles. The number of benzene rings is 2. The number of sulfonamides is 1. The van der Waals surface area contributed by atoms with E-state index in [1.165, 1.54) is 23.5 Å². The Labute approximate surface area is 150 Å². The second-order valence-corrected chi connectivity index (χ2v) is 8.30. The van der Waals surface area contributed by atoms with Crippen molar-refractivity contribution in [1.82, 2.24) is 9.71 Å². The molecule has 3 aromatic rings. The quantitative estimate of drug-likeness (QED) is 0.722. The summed E-state index contributed by atoms with van der Waals surface area (Å²) >= 11 is 7.29. The van der Waals surface area contributed by atoms with Crippen LogP contribution in [0.1, 0.15) is 11.3 Å². The van der Waals surface area contributed by atoms with Crippen LogP contribution in [0.5, 0.6) is 0 Å². The van der Waals surface area contributed by atoms with Crippen LogP contribution in [0.3, 0.4) is 0 Å². The van der Waals surface area contributed by atoms with E-state index < -0.39 is 10.0 Å². The normalized spacial score (nSPS) is 11.6. The van der Waals surface area contributed by atoms with E-state index in [-0.39, 0.29) is 11.4 Å². The Kier molecular flexibility index (Phi) is 5.01. The van der Waals surface area contributed by atoms with Crippen molar-refractivity contribution in [2.45, 2.75) is 18.4 Å². The van der Waals surface area contributed by atoms with Gasteiger partial charge in [-0.25, -0.2) is 18.1 Å². The summed E-state index contributed by atoms with van der Waals surface area (Å²) in [5, 5.41) is 3.25. The molecule has 2 aromatic carbocycles. The van der Waals surface area contributed by atoms with Gasteiger partial charge in [0, 0.05) is 16.0 Å². The summed E-state index contributed by atoms with van der Waals surface area (Å²) in [6.07, 6.45) is 0. The van der Waals surface area contributed by atoms with Gasteiger partial charge in [0.2, 0.25) is 10.0 Å². The first-order valence-electron chi connectivity index (χ1n) is 7.21. The summed E-state index contributed by atoms with van der Waals surface area (Å²) in [6, 6.07) is 14.0. The van der Waals surface area contributed by atoms with Crippen LogP contribution in [0.15, 0.2) is 58.8 Å². The molecule has 24 heavy (non-hydrogen) atoms. The Morgan fingerprint density at radius 2 is 1.83 bits per heavy atom. The second kappa shape index (κ2) is 7.03. The van der Waals surface area contributed by atoms with Crippen molar-refractivity contribution in [2.24, 2.45) is 0 Å². The van der Waals surface area contributed by atoms with Gasteiger partial charge >= 0.3 is 0 Å². The lowest BCUT2D eigenvalue weighted by Gasteiger charge is -2.05. The van der Waals surface area contributed by atoms with Crippen molar-refractivity contribution in [3.05, 3.63) is 70.2 Å². The molecule has 124 valence electrons. The molecule has 0 unspecified atom stereocenters. The standard InChI is InChI=1S/C17H15ClN2O2S2/c1-12-4-2-3-5-16(12)17-20-14(11-23-17)10-19-24(21,22)15-8-6-13(18)7-9-15/h2-9,11,19H,10H2,1H3. The van der Waals surface area contributed by atoms with Crippen molar-refractivity contribution in [1.29, 1.82) is 0 Å². The molecule has 0 bridgehead atoms. The molecule has 0 atom stereocenters. The highest BCUT2D eigenvalue weighted by Gasteiger charge is 2.15. The predicted molar refractivity (Wildman–Crippen MR) is 97.8 cm³/mol. The van der Waals surface area contributed by atoms with Gasteiger partial charge in [-0.15, -0.1) is 11.3 Å². The van der Waals surface area contributed by atoms with Crippen molar-refractivity contribution in [3.8, 4) is 10.6 Å². The largest absolute Gasteiger partial charge is 0.240 e. The van der Waals surface area contributed by atoms with Crippen molar-refractivity contribution >= 4 is 33.0 Å². The smallest absolute Gasteiger partial charge is 0.240 e. The van der Waals surface area contributed by atoms with E-state index in [1.54, 1.807) is 12.1 Å².